The number of fused-ring (bicyclic) bond motifs is 1. The molecule has 2 aromatic carbocycles. The Morgan fingerprint density at radius 3 is 2.83 bits per heavy atom. The van der Waals surface area contributed by atoms with Crippen LogP contribution in [0.1, 0.15) is 6.42 Å². The zero-order chi connectivity index (χ0) is 16.4. The van der Waals surface area contributed by atoms with Crippen LogP contribution in [0.3, 0.4) is 0 Å². The van der Waals surface area contributed by atoms with Crippen molar-refractivity contribution in [2.75, 3.05) is 5.32 Å². The molecule has 1 amide bonds. The van der Waals surface area contributed by atoms with E-state index in [2.05, 4.69) is 21.2 Å². The molecule has 0 atom stereocenters. The van der Waals surface area contributed by atoms with Crippen molar-refractivity contribution in [2.24, 2.45) is 0 Å². The molecule has 23 heavy (non-hydrogen) atoms. The number of anilines is 1. The Labute approximate surface area is 138 Å². The maximum Gasteiger partial charge on any atom is 0.419 e. The Morgan fingerprint density at radius 1 is 1.26 bits per heavy atom. The van der Waals surface area contributed by atoms with E-state index in [0.29, 0.717) is 15.6 Å². The fraction of sp³-hybridized carbons (Fsp3) is 0.125. The van der Waals surface area contributed by atoms with E-state index in [-0.39, 0.29) is 24.6 Å². The number of nitrogens with zero attached hydrogens (tertiary/aromatic N) is 1. The summed E-state index contributed by atoms with van der Waals surface area (Å²) in [5, 5.41) is 2.49. The normalized spacial score (nSPS) is 10.9. The van der Waals surface area contributed by atoms with Crippen LogP contribution in [-0.2, 0) is 11.3 Å². The molecule has 0 saturated heterocycles. The van der Waals surface area contributed by atoms with Crippen molar-refractivity contribution in [3.63, 3.8) is 0 Å². The fourth-order valence-electron chi connectivity index (χ4n) is 2.24. The maximum absolute atomic E-state index is 13.7. The zero-order valence-electron chi connectivity index (χ0n) is 11.9. The molecule has 0 fully saturated rings. The fourth-order valence-corrected chi connectivity index (χ4v) is 2.58. The summed E-state index contributed by atoms with van der Waals surface area (Å²) in [5.74, 6) is -1.43. The van der Waals surface area contributed by atoms with Gasteiger partial charge in [0.15, 0.2) is 5.58 Å². The van der Waals surface area contributed by atoms with Crippen molar-refractivity contribution < 1.29 is 13.6 Å². The Hall–Kier alpha value is -2.41. The smallest absolute Gasteiger partial charge is 0.408 e. The summed E-state index contributed by atoms with van der Waals surface area (Å²) >= 11 is 3.15. The molecule has 0 aliphatic rings. The number of aryl methyl sites for hydroxylation is 1. The average molecular weight is 379 g/mol. The molecule has 0 aliphatic carbocycles. The molecule has 3 aromatic rings. The lowest BCUT2D eigenvalue weighted by Gasteiger charge is -2.07. The van der Waals surface area contributed by atoms with Gasteiger partial charge >= 0.3 is 5.76 Å². The first-order chi connectivity index (χ1) is 11.0. The molecule has 7 heteroatoms. The Balaban J connectivity index is 1.71. The van der Waals surface area contributed by atoms with Gasteiger partial charge in [-0.05, 0) is 30.3 Å². The average Bonchev–Trinajstić information content (AvgIpc) is 2.83. The van der Waals surface area contributed by atoms with Crippen molar-refractivity contribution in [3.8, 4) is 0 Å². The highest BCUT2D eigenvalue weighted by Crippen LogP contribution is 2.19. The van der Waals surface area contributed by atoms with E-state index >= 15 is 0 Å². The first-order valence-corrected chi connectivity index (χ1v) is 7.67. The molecule has 5 nitrogen and oxygen atoms in total. The Bertz CT molecular complexity index is 932. The number of para-hydroxylation sites is 2. The van der Waals surface area contributed by atoms with E-state index in [1.54, 1.807) is 30.3 Å². The van der Waals surface area contributed by atoms with E-state index in [1.807, 2.05) is 0 Å². The van der Waals surface area contributed by atoms with Crippen LogP contribution in [0, 0.1) is 5.82 Å². The highest BCUT2D eigenvalue weighted by molar-refractivity contribution is 9.10. The van der Waals surface area contributed by atoms with Crippen LogP contribution in [0.25, 0.3) is 11.1 Å². The van der Waals surface area contributed by atoms with Gasteiger partial charge in [-0.3, -0.25) is 9.36 Å². The molecular weight excluding hydrogens is 367 g/mol. The van der Waals surface area contributed by atoms with E-state index in [4.69, 9.17) is 4.42 Å². The molecule has 0 aliphatic heterocycles. The summed E-state index contributed by atoms with van der Waals surface area (Å²) in [4.78, 5) is 23.8. The SMILES string of the molecule is O=C(CCn1c(=O)oc2ccccc21)Nc1ccc(Br)cc1F. The number of oxazole rings is 1. The van der Waals surface area contributed by atoms with Crippen molar-refractivity contribution in [1.29, 1.82) is 0 Å². The molecule has 3 rings (SSSR count). The molecule has 1 heterocycles. The minimum atomic E-state index is -0.529. The van der Waals surface area contributed by atoms with Gasteiger partial charge in [-0.2, -0.15) is 0 Å². The molecule has 0 radical (unpaired) electrons. The number of nitrogens with one attached hydrogen (secondary N) is 1. The second-order valence-corrected chi connectivity index (χ2v) is 5.83. The van der Waals surface area contributed by atoms with Gasteiger partial charge in [-0.15, -0.1) is 0 Å². The summed E-state index contributed by atoms with van der Waals surface area (Å²) in [6.45, 7) is 0.153. The molecule has 0 bridgehead atoms. The van der Waals surface area contributed by atoms with Gasteiger partial charge in [0.2, 0.25) is 5.91 Å². The first kappa shape index (κ1) is 15.5. The number of carbonyl (C=O) groups is 1. The van der Waals surface area contributed by atoms with Crippen molar-refractivity contribution >= 4 is 38.6 Å². The number of carbonyl (C=O) groups excluding carboxylic acids is 1. The second-order valence-electron chi connectivity index (χ2n) is 4.91. The molecule has 1 N–H and O–H groups in total. The molecule has 118 valence electrons. The van der Waals surface area contributed by atoms with E-state index in [1.165, 1.54) is 16.7 Å². The lowest BCUT2D eigenvalue weighted by atomic mass is 10.3. The third-order valence-corrected chi connectivity index (χ3v) is 3.83. The number of aromatic nitrogens is 1. The summed E-state index contributed by atoms with van der Waals surface area (Å²) in [6, 6.07) is 11.3. The van der Waals surface area contributed by atoms with Crippen LogP contribution in [0.2, 0.25) is 0 Å². The second kappa shape index (κ2) is 6.37. The minimum Gasteiger partial charge on any atom is -0.408 e. The van der Waals surface area contributed by atoms with E-state index in [0.717, 1.165) is 0 Å². The van der Waals surface area contributed by atoms with Gasteiger partial charge in [-0.1, -0.05) is 28.1 Å². The van der Waals surface area contributed by atoms with Crippen molar-refractivity contribution in [3.05, 3.63) is 63.3 Å². The number of rotatable bonds is 4. The van der Waals surface area contributed by atoms with Gasteiger partial charge in [0.25, 0.3) is 0 Å². The van der Waals surface area contributed by atoms with Crippen LogP contribution in [0.4, 0.5) is 10.1 Å². The lowest BCUT2D eigenvalue weighted by molar-refractivity contribution is -0.116. The summed E-state index contributed by atoms with van der Waals surface area (Å²) in [6.07, 6.45) is 0.0267. The van der Waals surface area contributed by atoms with E-state index in [9.17, 15) is 14.0 Å². The standard InChI is InChI=1S/C16H12BrFN2O3/c17-10-5-6-12(11(18)9-10)19-15(21)7-8-20-13-3-1-2-4-14(13)23-16(20)22/h1-6,9H,7-8H2,(H,19,21). The van der Waals surface area contributed by atoms with Crippen LogP contribution in [-0.4, -0.2) is 10.5 Å². The third kappa shape index (κ3) is 3.34. The topological polar surface area (TPSA) is 64.2 Å². The Kier molecular flexibility index (Phi) is 4.29. The largest absolute Gasteiger partial charge is 0.419 e. The maximum atomic E-state index is 13.7. The number of amides is 1. The van der Waals surface area contributed by atoms with Crippen molar-refractivity contribution in [1.82, 2.24) is 4.57 Å². The monoisotopic (exact) mass is 378 g/mol. The third-order valence-electron chi connectivity index (χ3n) is 3.34. The highest BCUT2D eigenvalue weighted by atomic mass is 79.9. The van der Waals surface area contributed by atoms with Crippen molar-refractivity contribution in [2.45, 2.75) is 13.0 Å². The molecule has 0 spiro atoms. The summed E-state index contributed by atoms with van der Waals surface area (Å²) in [5.41, 5.74) is 1.19. The van der Waals surface area contributed by atoms with E-state index < -0.39 is 11.6 Å². The molecular formula is C16H12BrFN2O3. The number of halogens is 2. The Morgan fingerprint density at radius 2 is 2.04 bits per heavy atom. The lowest BCUT2D eigenvalue weighted by Crippen LogP contribution is -2.20. The van der Waals surface area contributed by atoms with Crippen LogP contribution < -0.4 is 11.1 Å². The van der Waals surface area contributed by atoms with Crippen LogP contribution in [0.5, 0.6) is 0 Å². The minimum absolute atomic E-state index is 0.0267. The summed E-state index contributed by atoms with van der Waals surface area (Å²) in [7, 11) is 0. The number of hydrogen-bond acceptors (Lipinski definition) is 3. The molecule has 1 aromatic heterocycles. The van der Waals surface area contributed by atoms with Gasteiger partial charge in [0, 0.05) is 17.4 Å². The van der Waals surface area contributed by atoms with Crippen LogP contribution in [0.15, 0.2) is 56.1 Å². The first-order valence-electron chi connectivity index (χ1n) is 6.88. The highest BCUT2D eigenvalue weighted by Gasteiger charge is 2.11. The van der Waals surface area contributed by atoms with Crippen LogP contribution >= 0.6 is 15.9 Å². The summed E-state index contributed by atoms with van der Waals surface area (Å²) < 4.78 is 20.7. The molecule has 0 saturated carbocycles. The van der Waals surface area contributed by atoms with Gasteiger partial charge in [0.1, 0.15) is 5.82 Å². The number of benzene rings is 2. The molecule has 0 unspecified atom stereocenters. The predicted molar refractivity (Wildman–Crippen MR) is 87.8 cm³/mol. The quantitative estimate of drug-likeness (QED) is 0.755. The van der Waals surface area contributed by atoms with Gasteiger partial charge < -0.3 is 9.73 Å². The van der Waals surface area contributed by atoms with Gasteiger partial charge in [-0.25, -0.2) is 9.18 Å². The number of hydrogen-bond donors (Lipinski definition) is 1. The van der Waals surface area contributed by atoms with Gasteiger partial charge in [0.05, 0.1) is 11.2 Å². The zero-order valence-corrected chi connectivity index (χ0v) is 13.5. The predicted octanol–water partition coefficient (Wildman–Crippen LogP) is 3.52.